The predicted octanol–water partition coefficient (Wildman–Crippen LogP) is 2.13. The van der Waals surface area contributed by atoms with Crippen molar-refractivity contribution in [1.82, 2.24) is 9.21 Å². The Bertz CT molecular complexity index is 1120. The average Bonchev–Trinajstić information content (AvgIpc) is 3.09. The molecule has 2 aliphatic rings. The molecule has 2 heterocycles. The van der Waals surface area contributed by atoms with Crippen molar-refractivity contribution in [3.05, 3.63) is 59.4 Å². The zero-order valence-electron chi connectivity index (χ0n) is 17.7. The fourth-order valence-corrected chi connectivity index (χ4v) is 5.65. The van der Waals surface area contributed by atoms with Crippen molar-refractivity contribution in [3.8, 4) is 0 Å². The van der Waals surface area contributed by atoms with Gasteiger partial charge in [-0.1, -0.05) is 11.6 Å². The van der Waals surface area contributed by atoms with Crippen molar-refractivity contribution in [2.24, 2.45) is 0 Å². The van der Waals surface area contributed by atoms with Gasteiger partial charge in [-0.15, -0.1) is 0 Å². The molecule has 2 fully saturated rings. The zero-order chi connectivity index (χ0) is 23.6. The van der Waals surface area contributed by atoms with Gasteiger partial charge in [0, 0.05) is 31.2 Å². The molecule has 0 bridgehead atoms. The van der Waals surface area contributed by atoms with Gasteiger partial charge in [-0.3, -0.25) is 14.5 Å². The second-order valence-electron chi connectivity index (χ2n) is 7.79. The van der Waals surface area contributed by atoms with Crippen molar-refractivity contribution >= 4 is 39.1 Å². The molecule has 2 amide bonds. The van der Waals surface area contributed by atoms with Crippen LogP contribution in [0.2, 0.25) is 5.02 Å². The minimum atomic E-state index is -4.11. The summed E-state index contributed by atoms with van der Waals surface area (Å²) >= 11 is 5.91. The molecule has 0 saturated carbocycles. The van der Waals surface area contributed by atoms with E-state index in [4.69, 9.17) is 16.3 Å². The minimum Gasteiger partial charge on any atom is -0.379 e. The van der Waals surface area contributed by atoms with Crippen LogP contribution in [-0.2, 0) is 24.3 Å². The molecule has 1 atom stereocenters. The van der Waals surface area contributed by atoms with Crippen molar-refractivity contribution in [1.29, 1.82) is 0 Å². The van der Waals surface area contributed by atoms with Crippen molar-refractivity contribution in [2.75, 3.05) is 44.3 Å². The number of hydrogen-bond donors (Lipinski definition) is 0. The Morgan fingerprint density at radius 1 is 1.03 bits per heavy atom. The number of hydrogen-bond acceptors (Lipinski definition) is 6. The van der Waals surface area contributed by atoms with Gasteiger partial charge in [0.1, 0.15) is 11.9 Å². The van der Waals surface area contributed by atoms with Crippen LogP contribution in [0.15, 0.2) is 53.4 Å². The molecule has 0 aromatic heterocycles. The number of morpholine rings is 1. The lowest BCUT2D eigenvalue weighted by atomic mass is 10.2. The smallest absolute Gasteiger partial charge is 0.252 e. The first kappa shape index (κ1) is 23.8. The lowest BCUT2D eigenvalue weighted by molar-refractivity contribution is -0.122. The van der Waals surface area contributed by atoms with Gasteiger partial charge >= 0.3 is 0 Å². The van der Waals surface area contributed by atoms with E-state index in [-0.39, 0.29) is 23.5 Å². The summed E-state index contributed by atoms with van der Waals surface area (Å²) in [6, 6.07) is 9.38. The van der Waals surface area contributed by atoms with Crippen LogP contribution in [0.5, 0.6) is 0 Å². The van der Waals surface area contributed by atoms with E-state index in [1.54, 1.807) is 0 Å². The third kappa shape index (κ3) is 5.10. The molecular weight excluding hydrogens is 473 g/mol. The molecule has 2 aliphatic heterocycles. The highest BCUT2D eigenvalue weighted by Gasteiger charge is 2.47. The molecular formula is C22H23ClFN3O5S. The summed E-state index contributed by atoms with van der Waals surface area (Å²) in [5.41, 5.74) is 0.200. The quantitative estimate of drug-likeness (QED) is 0.547. The number of rotatable bonds is 7. The van der Waals surface area contributed by atoms with Crippen molar-refractivity contribution < 1.29 is 27.1 Å². The number of halogens is 2. The Kier molecular flexibility index (Phi) is 7.10. The maximum Gasteiger partial charge on any atom is 0.252 e. The number of benzene rings is 2. The highest BCUT2D eigenvalue weighted by Crippen LogP contribution is 2.29. The fourth-order valence-electron chi connectivity index (χ4n) is 3.95. The largest absolute Gasteiger partial charge is 0.379 e. The van der Waals surface area contributed by atoms with Crippen LogP contribution in [-0.4, -0.2) is 74.9 Å². The number of carbonyl (C=O) groups excluding carboxylic acids is 2. The monoisotopic (exact) mass is 495 g/mol. The van der Waals surface area contributed by atoms with E-state index in [1.165, 1.54) is 36.4 Å². The molecule has 1 unspecified atom stereocenters. The highest BCUT2D eigenvalue weighted by molar-refractivity contribution is 7.89. The molecule has 11 heteroatoms. The molecule has 33 heavy (non-hydrogen) atoms. The summed E-state index contributed by atoms with van der Waals surface area (Å²) in [4.78, 5) is 29.0. The van der Waals surface area contributed by atoms with E-state index in [0.29, 0.717) is 37.9 Å². The van der Waals surface area contributed by atoms with Gasteiger partial charge in [0.15, 0.2) is 0 Å². The average molecular weight is 496 g/mol. The summed E-state index contributed by atoms with van der Waals surface area (Å²) < 4.78 is 46.9. The van der Waals surface area contributed by atoms with Gasteiger partial charge in [0.05, 0.1) is 30.2 Å². The van der Waals surface area contributed by atoms with Gasteiger partial charge in [-0.2, -0.15) is 4.31 Å². The second-order valence-corrected chi connectivity index (χ2v) is 10.1. The van der Waals surface area contributed by atoms with Crippen LogP contribution in [0.3, 0.4) is 0 Å². The number of ether oxygens (including phenoxy) is 1. The second kappa shape index (κ2) is 9.86. The van der Waals surface area contributed by atoms with Gasteiger partial charge in [0.2, 0.25) is 15.9 Å². The van der Waals surface area contributed by atoms with Crippen LogP contribution in [0.25, 0.3) is 0 Å². The molecule has 2 saturated heterocycles. The van der Waals surface area contributed by atoms with Crippen molar-refractivity contribution in [3.63, 3.8) is 0 Å². The Labute approximate surface area is 196 Å². The van der Waals surface area contributed by atoms with Gasteiger partial charge in [0.25, 0.3) is 5.91 Å². The molecule has 0 radical (unpaired) electrons. The third-order valence-electron chi connectivity index (χ3n) is 5.72. The number of nitrogens with zero attached hydrogens (tertiary/aromatic N) is 3. The lowest BCUT2D eigenvalue weighted by Crippen LogP contribution is -2.49. The molecule has 8 nitrogen and oxygen atoms in total. The molecule has 0 aliphatic carbocycles. The van der Waals surface area contributed by atoms with Gasteiger partial charge in [-0.25, -0.2) is 17.7 Å². The minimum absolute atomic E-state index is 0.0191. The summed E-state index contributed by atoms with van der Waals surface area (Å²) in [7, 11) is -4.11. The van der Waals surface area contributed by atoms with E-state index in [9.17, 15) is 22.4 Å². The van der Waals surface area contributed by atoms with Crippen molar-refractivity contribution in [2.45, 2.75) is 17.4 Å². The first-order valence-electron chi connectivity index (χ1n) is 10.5. The molecule has 2 aromatic carbocycles. The summed E-state index contributed by atoms with van der Waals surface area (Å²) in [5, 5.41) is 0.378. The molecule has 4 rings (SSSR count). The zero-order valence-corrected chi connectivity index (χ0v) is 19.3. The van der Waals surface area contributed by atoms with E-state index in [2.05, 4.69) is 0 Å². The fraction of sp³-hybridized carbons (Fsp3) is 0.364. The number of anilines is 1. The number of imide groups is 1. The van der Waals surface area contributed by atoms with Crippen LogP contribution in [0.1, 0.15) is 6.42 Å². The normalized spacial score (nSPS) is 20.1. The van der Waals surface area contributed by atoms with E-state index in [1.807, 2.05) is 4.90 Å². The Morgan fingerprint density at radius 2 is 1.67 bits per heavy atom. The van der Waals surface area contributed by atoms with Crippen LogP contribution in [0, 0.1) is 5.82 Å². The van der Waals surface area contributed by atoms with Gasteiger partial charge in [-0.05, 0) is 48.5 Å². The maximum atomic E-state index is 13.6. The third-order valence-corrected chi connectivity index (χ3v) is 7.89. The van der Waals surface area contributed by atoms with E-state index >= 15 is 0 Å². The molecule has 0 spiro atoms. The van der Waals surface area contributed by atoms with E-state index < -0.39 is 33.7 Å². The van der Waals surface area contributed by atoms with Crippen LogP contribution < -0.4 is 4.90 Å². The summed E-state index contributed by atoms with van der Waals surface area (Å²) in [6.45, 7) is 2.78. The SMILES string of the molecule is O=C1CC(N(CCN2CCOCC2)S(=O)(=O)c2ccc(Cl)cc2)C(=O)N1c1ccc(F)cc1. The Hall–Kier alpha value is -2.37. The Morgan fingerprint density at radius 3 is 2.30 bits per heavy atom. The molecule has 0 N–H and O–H groups in total. The van der Waals surface area contributed by atoms with Crippen LogP contribution >= 0.6 is 11.6 Å². The Balaban J connectivity index is 1.64. The molecule has 176 valence electrons. The summed E-state index contributed by atoms with van der Waals surface area (Å²) in [5.74, 6) is -1.71. The first-order valence-corrected chi connectivity index (χ1v) is 12.3. The summed E-state index contributed by atoms with van der Waals surface area (Å²) in [6.07, 6.45) is -0.299. The number of carbonyl (C=O) groups is 2. The maximum absolute atomic E-state index is 13.6. The molecule has 2 aromatic rings. The van der Waals surface area contributed by atoms with Crippen LogP contribution in [0.4, 0.5) is 10.1 Å². The standard InChI is InChI=1S/C22H23ClFN3O5S/c23-16-1-7-19(8-2-16)33(30,31)26(10-9-25-11-13-32-14-12-25)20-15-21(28)27(22(20)29)18-5-3-17(24)4-6-18/h1-8,20H,9-15H2. The lowest BCUT2D eigenvalue weighted by Gasteiger charge is -2.31. The number of sulfonamides is 1. The predicted molar refractivity (Wildman–Crippen MR) is 120 cm³/mol. The topological polar surface area (TPSA) is 87.2 Å². The number of amides is 2. The van der Waals surface area contributed by atoms with E-state index in [0.717, 1.165) is 21.3 Å². The highest BCUT2D eigenvalue weighted by atomic mass is 35.5. The van der Waals surface area contributed by atoms with Gasteiger partial charge < -0.3 is 4.74 Å². The first-order chi connectivity index (χ1) is 15.8.